The van der Waals surface area contributed by atoms with Crippen LogP contribution in [0.15, 0.2) is 85.1 Å². The molecular weight excluding hydrogens is 454 g/mol. The Morgan fingerprint density at radius 2 is 1.58 bits per heavy atom. The third-order valence-electron chi connectivity index (χ3n) is 4.87. The summed E-state index contributed by atoms with van der Waals surface area (Å²) in [5, 5.41) is 7.50. The fourth-order valence-electron chi connectivity index (χ4n) is 3.24. The molecule has 0 spiro atoms. The average Bonchev–Trinajstić information content (AvgIpc) is 2.80. The monoisotopic (exact) mass is 473 g/mol. The fraction of sp³-hybridized carbons (Fsp3) is 0.0800. The number of fused-ring (bicyclic) bond motifs is 1. The molecule has 0 saturated carbocycles. The SMILES string of the molecule is O=C(Nc1ccccc1C(=O)Nc1ccc(CCBr)cc1)c1cnc2ccccc2c1. The summed E-state index contributed by atoms with van der Waals surface area (Å²) in [6.45, 7) is 0. The van der Waals surface area contributed by atoms with Crippen LogP contribution in [-0.4, -0.2) is 22.1 Å². The third kappa shape index (κ3) is 4.98. The van der Waals surface area contributed by atoms with Crippen LogP contribution < -0.4 is 10.6 Å². The van der Waals surface area contributed by atoms with E-state index in [-0.39, 0.29) is 11.8 Å². The molecule has 0 unspecified atom stereocenters. The van der Waals surface area contributed by atoms with Gasteiger partial charge in [-0.3, -0.25) is 14.6 Å². The number of hydrogen-bond donors (Lipinski definition) is 2. The lowest BCUT2D eigenvalue weighted by Crippen LogP contribution is -2.18. The van der Waals surface area contributed by atoms with Crippen molar-refractivity contribution < 1.29 is 9.59 Å². The van der Waals surface area contributed by atoms with Crippen molar-refractivity contribution in [2.75, 3.05) is 16.0 Å². The van der Waals surface area contributed by atoms with Gasteiger partial charge in [0.15, 0.2) is 0 Å². The van der Waals surface area contributed by atoms with Gasteiger partial charge in [-0.05, 0) is 48.4 Å². The predicted molar refractivity (Wildman–Crippen MR) is 128 cm³/mol. The first kappa shape index (κ1) is 20.8. The van der Waals surface area contributed by atoms with E-state index in [1.54, 1.807) is 30.3 Å². The van der Waals surface area contributed by atoms with Crippen LogP contribution in [0, 0.1) is 0 Å². The molecule has 2 N–H and O–H groups in total. The van der Waals surface area contributed by atoms with Crippen molar-refractivity contribution in [3.05, 3.63) is 102 Å². The maximum absolute atomic E-state index is 12.9. The van der Waals surface area contributed by atoms with Crippen LogP contribution in [0.1, 0.15) is 26.3 Å². The van der Waals surface area contributed by atoms with Crippen LogP contribution in [0.5, 0.6) is 0 Å². The lowest BCUT2D eigenvalue weighted by Gasteiger charge is -2.12. The summed E-state index contributed by atoms with van der Waals surface area (Å²) in [6.07, 6.45) is 2.46. The molecule has 0 bridgehead atoms. The third-order valence-corrected chi connectivity index (χ3v) is 5.26. The van der Waals surface area contributed by atoms with E-state index in [1.807, 2.05) is 48.5 Å². The van der Waals surface area contributed by atoms with Crippen LogP contribution in [0.2, 0.25) is 0 Å². The van der Waals surface area contributed by atoms with E-state index < -0.39 is 0 Å². The van der Waals surface area contributed by atoms with Crippen LogP contribution in [0.25, 0.3) is 10.9 Å². The Labute approximate surface area is 188 Å². The van der Waals surface area contributed by atoms with Gasteiger partial charge in [-0.25, -0.2) is 0 Å². The fourth-order valence-corrected chi connectivity index (χ4v) is 3.70. The van der Waals surface area contributed by atoms with Gasteiger partial charge >= 0.3 is 0 Å². The molecule has 0 aliphatic rings. The molecule has 0 atom stereocenters. The molecule has 4 rings (SSSR count). The van der Waals surface area contributed by atoms with E-state index in [2.05, 4.69) is 31.5 Å². The van der Waals surface area contributed by atoms with Gasteiger partial charge in [0.05, 0.1) is 22.3 Å². The molecule has 5 nitrogen and oxygen atoms in total. The Hall–Kier alpha value is -3.51. The first-order chi connectivity index (χ1) is 15.1. The van der Waals surface area contributed by atoms with Gasteiger partial charge in [0.25, 0.3) is 11.8 Å². The highest BCUT2D eigenvalue weighted by Crippen LogP contribution is 2.20. The summed E-state index contributed by atoms with van der Waals surface area (Å²) in [4.78, 5) is 30.0. The van der Waals surface area contributed by atoms with Crippen molar-refractivity contribution in [1.82, 2.24) is 4.98 Å². The molecule has 0 saturated heterocycles. The number of rotatable bonds is 6. The summed E-state index contributed by atoms with van der Waals surface area (Å²) in [7, 11) is 0. The minimum Gasteiger partial charge on any atom is -0.322 e. The number of carbonyl (C=O) groups excluding carboxylic acids is 2. The average molecular weight is 474 g/mol. The number of carbonyl (C=O) groups is 2. The van der Waals surface area contributed by atoms with Gasteiger partial charge in [0, 0.05) is 22.6 Å². The number of pyridine rings is 1. The zero-order valence-electron chi connectivity index (χ0n) is 16.6. The maximum atomic E-state index is 12.9. The number of hydrogen-bond acceptors (Lipinski definition) is 3. The Morgan fingerprint density at radius 3 is 2.39 bits per heavy atom. The van der Waals surface area contributed by atoms with E-state index in [9.17, 15) is 9.59 Å². The Balaban J connectivity index is 1.52. The predicted octanol–water partition coefficient (Wildman–Crippen LogP) is 5.68. The largest absolute Gasteiger partial charge is 0.322 e. The summed E-state index contributed by atoms with van der Waals surface area (Å²) >= 11 is 3.42. The molecule has 1 aromatic heterocycles. The molecule has 0 fully saturated rings. The number of aromatic nitrogens is 1. The molecule has 0 aliphatic heterocycles. The van der Waals surface area contributed by atoms with E-state index in [1.165, 1.54) is 11.8 Å². The van der Waals surface area contributed by atoms with Crippen LogP contribution >= 0.6 is 15.9 Å². The van der Waals surface area contributed by atoms with Gasteiger partial charge in [0.2, 0.25) is 0 Å². The van der Waals surface area contributed by atoms with E-state index in [0.29, 0.717) is 22.5 Å². The van der Waals surface area contributed by atoms with E-state index in [0.717, 1.165) is 22.7 Å². The van der Waals surface area contributed by atoms with Gasteiger partial charge < -0.3 is 10.6 Å². The van der Waals surface area contributed by atoms with Crippen LogP contribution in [-0.2, 0) is 6.42 Å². The highest BCUT2D eigenvalue weighted by atomic mass is 79.9. The summed E-state index contributed by atoms with van der Waals surface area (Å²) < 4.78 is 0. The number of anilines is 2. The minimum absolute atomic E-state index is 0.291. The number of alkyl halides is 1. The quantitative estimate of drug-likeness (QED) is 0.354. The van der Waals surface area contributed by atoms with Crippen molar-refractivity contribution in [1.29, 1.82) is 0 Å². The van der Waals surface area contributed by atoms with E-state index >= 15 is 0 Å². The Morgan fingerprint density at radius 1 is 0.839 bits per heavy atom. The first-order valence-corrected chi connectivity index (χ1v) is 11.0. The number of benzene rings is 3. The van der Waals surface area contributed by atoms with Gasteiger partial charge in [-0.1, -0.05) is 58.4 Å². The number of amides is 2. The molecule has 154 valence electrons. The zero-order chi connectivity index (χ0) is 21.6. The van der Waals surface area contributed by atoms with Gasteiger partial charge in [0.1, 0.15) is 0 Å². The van der Waals surface area contributed by atoms with Crippen molar-refractivity contribution in [3.63, 3.8) is 0 Å². The highest BCUT2D eigenvalue weighted by molar-refractivity contribution is 9.09. The van der Waals surface area contributed by atoms with Crippen molar-refractivity contribution >= 4 is 50.0 Å². The smallest absolute Gasteiger partial charge is 0.257 e. The molecule has 2 amide bonds. The number of nitrogens with one attached hydrogen (secondary N) is 2. The van der Waals surface area contributed by atoms with Crippen LogP contribution in [0.4, 0.5) is 11.4 Å². The molecule has 1 heterocycles. The normalized spacial score (nSPS) is 10.6. The first-order valence-electron chi connectivity index (χ1n) is 9.85. The highest BCUT2D eigenvalue weighted by Gasteiger charge is 2.15. The number of para-hydroxylation sites is 2. The molecule has 31 heavy (non-hydrogen) atoms. The van der Waals surface area contributed by atoms with Crippen molar-refractivity contribution in [3.8, 4) is 0 Å². The summed E-state index contributed by atoms with van der Waals surface area (Å²) in [5.41, 5.74) is 3.95. The second-order valence-electron chi connectivity index (χ2n) is 7.01. The molecule has 0 radical (unpaired) electrons. The van der Waals surface area contributed by atoms with Gasteiger partial charge in [-0.2, -0.15) is 0 Å². The summed E-state index contributed by atoms with van der Waals surface area (Å²) in [6, 6.07) is 24.0. The van der Waals surface area contributed by atoms with Crippen molar-refractivity contribution in [2.45, 2.75) is 6.42 Å². The second kappa shape index (κ2) is 9.53. The molecule has 4 aromatic rings. The Kier molecular flexibility index (Phi) is 6.38. The van der Waals surface area contributed by atoms with Crippen LogP contribution in [0.3, 0.4) is 0 Å². The number of nitrogens with zero attached hydrogens (tertiary/aromatic N) is 1. The molecule has 3 aromatic carbocycles. The molecule has 0 aliphatic carbocycles. The zero-order valence-corrected chi connectivity index (χ0v) is 18.2. The van der Waals surface area contributed by atoms with E-state index in [4.69, 9.17) is 0 Å². The Bertz CT molecular complexity index is 1240. The summed E-state index contributed by atoms with van der Waals surface area (Å²) in [5.74, 6) is -0.613. The van der Waals surface area contributed by atoms with Gasteiger partial charge in [-0.15, -0.1) is 0 Å². The maximum Gasteiger partial charge on any atom is 0.257 e. The lowest BCUT2D eigenvalue weighted by atomic mass is 10.1. The lowest BCUT2D eigenvalue weighted by molar-refractivity contribution is 0.102. The minimum atomic E-state index is -0.322. The topological polar surface area (TPSA) is 71.1 Å². The van der Waals surface area contributed by atoms with Crippen molar-refractivity contribution in [2.24, 2.45) is 0 Å². The molecule has 6 heteroatoms. The number of aryl methyl sites for hydroxylation is 1. The standard InChI is InChI=1S/C25H20BrN3O2/c26-14-13-17-9-11-20(12-10-17)28-25(31)21-6-2-4-8-23(21)29-24(30)19-15-18-5-1-3-7-22(18)27-16-19/h1-12,15-16H,13-14H2,(H,28,31)(H,29,30). The molecular formula is C25H20BrN3O2. The second-order valence-corrected chi connectivity index (χ2v) is 7.80. The number of halogens is 1.